The van der Waals surface area contributed by atoms with Gasteiger partial charge in [0, 0.05) is 12.8 Å². The van der Waals surface area contributed by atoms with Gasteiger partial charge in [0.15, 0.2) is 0 Å². The predicted molar refractivity (Wildman–Crippen MR) is 68.6 cm³/mol. The fraction of sp³-hybridized carbons (Fsp3) is 0.308. The Bertz CT molecular complexity index is 473. The van der Waals surface area contributed by atoms with E-state index in [4.69, 9.17) is 16.0 Å². The molecule has 1 aliphatic rings. The summed E-state index contributed by atoms with van der Waals surface area (Å²) in [5.41, 5.74) is 6.30. The molecule has 0 unspecified atom stereocenters. The van der Waals surface area contributed by atoms with Crippen LogP contribution in [0.5, 0.6) is 0 Å². The van der Waals surface area contributed by atoms with E-state index in [1.54, 1.807) is 0 Å². The van der Waals surface area contributed by atoms with Crippen LogP contribution in [0.3, 0.4) is 0 Å². The lowest BCUT2D eigenvalue weighted by Crippen LogP contribution is -2.32. The molecule has 108 valence electrons. The molecule has 1 aromatic rings. The molecule has 7 nitrogen and oxygen atoms in total. The van der Waals surface area contributed by atoms with Crippen molar-refractivity contribution in [3.8, 4) is 0 Å². The van der Waals surface area contributed by atoms with Crippen molar-refractivity contribution in [1.82, 2.24) is 5.06 Å². The number of hydrogen-bond acceptors (Lipinski definition) is 5. The van der Waals surface area contributed by atoms with Crippen LogP contribution in [0, 0.1) is 0 Å². The average Bonchev–Trinajstić information content (AvgIpc) is 2.72. The Hall–Kier alpha value is -2.25. The zero-order valence-corrected chi connectivity index (χ0v) is 10.7. The molecule has 0 aliphatic carbocycles. The van der Waals surface area contributed by atoms with Gasteiger partial charge in [0.05, 0.1) is 0 Å². The first kappa shape index (κ1) is 15.8. The maximum absolute atomic E-state index is 10.4. The van der Waals surface area contributed by atoms with E-state index in [0.29, 0.717) is 6.42 Å². The van der Waals surface area contributed by atoms with Crippen molar-refractivity contribution in [1.29, 1.82) is 0 Å². The lowest BCUT2D eigenvalue weighted by atomic mass is 10.1. The summed E-state index contributed by atoms with van der Waals surface area (Å²) in [5.74, 6) is -1.97. The molecule has 20 heavy (non-hydrogen) atoms. The maximum atomic E-state index is 10.4. The molecule has 0 spiro atoms. The Balaban J connectivity index is 0.000000217. The third kappa shape index (κ3) is 4.79. The van der Waals surface area contributed by atoms with E-state index in [-0.39, 0.29) is 17.9 Å². The van der Waals surface area contributed by atoms with Gasteiger partial charge in [-0.3, -0.25) is 19.6 Å². The SMILES string of the molecule is N[C@@H](Cc1ccccc1)C(=O)O.O=C1CCC(=O)N1O. The molecule has 1 aliphatic heterocycles. The van der Waals surface area contributed by atoms with Crippen molar-refractivity contribution in [2.45, 2.75) is 25.3 Å². The number of amides is 2. The van der Waals surface area contributed by atoms with Crippen LogP contribution in [0.15, 0.2) is 30.3 Å². The molecule has 1 saturated heterocycles. The highest BCUT2D eigenvalue weighted by Gasteiger charge is 2.26. The summed E-state index contributed by atoms with van der Waals surface area (Å²) in [5, 5.41) is 17.1. The standard InChI is InChI=1S/C9H11NO2.C4H5NO3/c10-8(9(11)12)6-7-4-2-1-3-5-7;6-3-1-2-4(7)5(3)8/h1-5,8H,6,10H2,(H,11,12);8H,1-2H2/t8-;/m0./s1. The monoisotopic (exact) mass is 280 g/mol. The minimum absolute atomic E-state index is 0.148. The largest absolute Gasteiger partial charge is 0.480 e. The summed E-state index contributed by atoms with van der Waals surface area (Å²) in [7, 11) is 0. The fourth-order valence-corrected chi connectivity index (χ4v) is 1.52. The number of benzene rings is 1. The number of nitrogens with zero attached hydrogens (tertiary/aromatic N) is 1. The first-order chi connectivity index (χ1) is 9.41. The zero-order valence-electron chi connectivity index (χ0n) is 10.7. The second kappa shape index (κ2) is 7.37. The normalized spacial score (nSPS) is 15.6. The van der Waals surface area contributed by atoms with Crippen molar-refractivity contribution in [3.63, 3.8) is 0 Å². The van der Waals surface area contributed by atoms with E-state index in [2.05, 4.69) is 0 Å². The van der Waals surface area contributed by atoms with E-state index in [0.717, 1.165) is 5.56 Å². The number of aliphatic carboxylic acids is 1. The molecule has 0 bridgehead atoms. The molecule has 7 heteroatoms. The third-order valence-electron chi connectivity index (χ3n) is 2.64. The van der Waals surface area contributed by atoms with Gasteiger partial charge in [-0.05, 0) is 12.0 Å². The van der Waals surface area contributed by atoms with Crippen molar-refractivity contribution < 1.29 is 24.7 Å². The molecule has 2 amide bonds. The van der Waals surface area contributed by atoms with E-state index in [1.807, 2.05) is 30.3 Å². The van der Waals surface area contributed by atoms with Crippen LogP contribution < -0.4 is 5.73 Å². The molecule has 1 atom stereocenters. The fourth-order valence-electron chi connectivity index (χ4n) is 1.52. The van der Waals surface area contributed by atoms with E-state index in [1.165, 1.54) is 0 Å². The number of nitrogens with two attached hydrogens (primary N) is 1. The third-order valence-corrected chi connectivity index (χ3v) is 2.64. The molecule has 1 aromatic carbocycles. The highest BCUT2D eigenvalue weighted by atomic mass is 16.5. The number of rotatable bonds is 3. The van der Waals surface area contributed by atoms with Crippen LogP contribution in [0.2, 0.25) is 0 Å². The van der Waals surface area contributed by atoms with Gasteiger partial charge in [-0.25, -0.2) is 0 Å². The number of hydrogen-bond donors (Lipinski definition) is 3. The van der Waals surface area contributed by atoms with Crippen LogP contribution in [0.4, 0.5) is 0 Å². The Morgan fingerprint density at radius 1 is 1.20 bits per heavy atom. The van der Waals surface area contributed by atoms with Crippen LogP contribution in [-0.2, 0) is 20.8 Å². The van der Waals surface area contributed by atoms with Crippen LogP contribution in [0.25, 0.3) is 0 Å². The molecule has 2 rings (SSSR count). The predicted octanol–water partition coefficient (Wildman–Crippen LogP) is 0.166. The Morgan fingerprint density at radius 3 is 2.05 bits per heavy atom. The lowest BCUT2D eigenvalue weighted by Gasteiger charge is -2.04. The Labute approximate surface area is 115 Å². The number of imide groups is 1. The van der Waals surface area contributed by atoms with Gasteiger partial charge in [0.1, 0.15) is 6.04 Å². The van der Waals surface area contributed by atoms with E-state index in [9.17, 15) is 14.4 Å². The van der Waals surface area contributed by atoms with Gasteiger partial charge in [-0.1, -0.05) is 30.3 Å². The van der Waals surface area contributed by atoms with Crippen molar-refractivity contribution in [2.24, 2.45) is 5.73 Å². The Kier molecular flexibility index (Phi) is 5.82. The van der Waals surface area contributed by atoms with Gasteiger partial charge < -0.3 is 10.8 Å². The quantitative estimate of drug-likeness (QED) is 0.536. The first-order valence-electron chi connectivity index (χ1n) is 5.98. The minimum Gasteiger partial charge on any atom is -0.480 e. The van der Waals surface area contributed by atoms with Crippen molar-refractivity contribution in [3.05, 3.63) is 35.9 Å². The van der Waals surface area contributed by atoms with Gasteiger partial charge in [-0.15, -0.1) is 0 Å². The summed E-state index contributed by atoms with van der Waals surface area (Å²) in [4.78, 5) is 30.9. The summed E-state index contributed by atoms with van der Waals surface area (Å²) < 4.78 is 0. The summed E-state index contributed by atoms with van der Waals surface area (Å²) in [6.07, 6.45) is 0.681. The van der Waals surface area contributed by atoms with Gasteiger partial charge in [0.25, 0.3) is 11.8 Å². The topological polar surface area (TPSA) is 121 Å². The molecular formula is C13H16N2O5. The molecular weight excluding hydrogens is 264 g/mol. The summed E-state index contributed by atoms with van der Waals surface area (Å²) in [6.45, 7) is 0. The van der Waals surface area contributed by atoms with Gasteiger partial charge in [0.2, 0.25) is 0 Å². The molecule has 0 saturated carbocycles. The zero-order chi connectivity index (χ0) is 15.1. The van der Waals surface area contributed by atoms with Crippen LogP contribution in [0.1, 0.15) is 18.4 Å². The number of carboxylic acids is 1. The number of hydroxylamine groups is 2. The molecule has 1 fully saturated rings. The highest BCUT2D eigenvalue weighted by molar-refractivity contribution is 6.00. The summed E-state index contributed by atoms with van der Waals surface area (Å²) in [6, 6.07) is 8.54. The second-order valence-corrected chi connectivity index (χ2v) is 4.23. The van der Waals surface area contributed by atoms with Crippen LogP contribution >= 0.6 is 0 Å². The minimum atomic E-state index is -0.959. The van der Waals surface area contributed by atoms with E-state index < -0.39 is 23.8 Å². The average molecular weight is 280 g/mol. The number of carbonyl (C=O) groups is 3. The maximum Gasteiger partial charge on any atom is 0.320 e. The van der Waals surface area contributed by atoms with E-state index >= 15 is 0 Å². The lowest BCUT2D eigenvalue weighted by molar-refractivity contribution is -0.171. The number of carbonyl (C=O) groups excluding carboxylic acids is 2. The molecule has 0 radical (unpaired) electrons. The van der Waals surface area contributed by atoms with Gasteiger partial charge >= 0.3 is 5.97 Å². The Morgan fingerprint density at radius 2 is 1.70 bits per heavy atom. The highest BCUT2D eigenvalue weighted by Crippen LogP contribution is 2.07. The summed E-state index contributed by atoms with van der Waals surface area (Å²) >= 11 is 0. The van der Waals surface area contributed by atoms with Crippen molar-refractivity contribution >= 4 is 17.8 Å². The molecule has 0 aromatic heterocycles. The molecule has 1 heterocycles. The van der Waals surface area contributed by atoms with Crippen molar-refractivity contribution in [2.75, 3.05) is 0 Å². The first-order valence-corrected chi connectivity index (χ1v) is 5.98. The number of carboxylic acid groups (broad SMARTS) is 1. The van der Waals surface area contributed by atoms with Crippen LogP contribution in [-0.4, -0.2) is 39.2 Å². The smallest absolute Gasteiger partial charge is 0.320 e. The second-order valence-electron chi connectivity index (χ2n) is 4.23. The van der Waals surface area contributed by atoms with Gasteiger partial charge in [-0.2, -0.15) is 5.06 Å². The molecule has 4 N–H and O–H groups in total.